The first-order chi connectivity index (χ1) is 7.58. The van der Waals surface area contributed by atoms with E-state index in [0.29, 0.717) is 17.1 Å². The number of carboxylic acid groups (broad SMARTS) is 1. The zero-order valence-electron chi connectivity index (χ0n) is 9.12. The lowest BCUT2D eigenvalue weighted by Crippen LogP contribution is -2.01. The fourth-order valence-corrected chi connectivity index (χ4v) is 1.33. The average molecular weight is 228 g/mol. The number of methoxy groups -OCH3 is 2. The number of hydrogen-bond donors (Lipinski definition) is 1. The molecule has 4 nitrogen and oxygen atoms in total. The predicted octanol–water partition coefficient (Wildman–Crippen LogP) is 1.86. The van der Waals surface area contributed by atoms with Crippen molar-refractivity contribution in [2.75, 3.05) is 14.2 Å². The second-order valence-corrected chi connectivity index (χ2v) is 3.19. The molecule has 0 amide bonds. The van der Waals surface area contributed by atoms with Crippen LogP contribution in [0.3, 0.4) is 0 Å². The third-order valence-electron chi connectivity index (χ3n) is 2.16. The number of carboxylic acids is 1. The van der Waals surface area contributed by atoms with Crippen molar-refractivity contribution in [1.29, 1.82) is 0 Å². The summed E-state index contributed by atoms with van der Waals surface area (Å²) >= 11 is 0. The summed E-state index contributed by atoms with van der Waals surface area (Å²) in [6.45, 7) is 0. The Labute approximate surface area is 92.6 Å². The van der Waals surface area contributed by atoms with E-state index < -0.39 is 11.8 Å². The molecular weight excluding hydrogens is 215 g/mol. The monoisotopic (exact) mass is 228 g/mol. The van der Waals surface area contributed by atoms with Crippen LogP contribution < -0.4 is 9.47 Å². The number of carbonyl (C=O) groups is 1. The molecule has 88 valence electrons. The molecule has 0 fully saturated rings. The van der Waals surface area contributed by atoms with Crippen molar-refractivity contribution in [3.63, 3.8) is 0 Å². The van der Waals surface area contributed by atoms with Crippen molar-refractivity contribution >= 4 is 5.97 Å². The van der Waals surface area contributed by atoms with Crippen LogP contribution >= 0.6 is 0 Å². The number of benzene rings is 1. The number of aliphatic carboxylic acids is 1. The third-order valence-corrected chi connectivity index (χ3v) is 2.16. The van der Waals surface area contributed by atoms with Gasteiger partial charge in [-0.25, -0.2) is 4.39 Å². The van der Waals surface area contributed by atoms with Gasteiger partial charge in [-0.3, -0.25) is 4.79 Å². The fraction of sp³-hybridized carbons (Fsp3) is 0.364. The largest absolute Gasteiger partial charge is 0.493 e. The van der Waals surface area contributed by atoms with Crippen LogP contribution in [-0.4, -0.2) is 25.3 Å². The quantitative estimate of drug-likeness (QED) is 0.835. The smallest absolute Gasteiger partial charge is 0.303 e. The Hall–Kier alpha value is -1.78. The van der Waals surface area contributed by atoms with Gasteiger partial charge < -0.3 is 14.6 Å². The third kappa shape index (κ3) is 2.85. The molecular formula is C11H13FO4. The molecule has 0 aliphatic rings. The van der Waals surface area contributed by atoms with Gasteiger partial charge >= 0.3 is 5.97 Å². The van der Waals surface area contributed by atoms with E-state index in [9.17, 15) is 9.18 Å². The minimum absolute atomic E-state index is 0.119. The lowest BCUT2D eigenvalue weighted by Gasteiger charge is -2.10. The molecule has 0 aliphatic heterocycles. The number of hydrogen-bond acceptors (Lipinski definition) is 3. The van der Waals surface area contributed by atoms with Gasteiger partial charge in [-0.05, 0) is 18.1 Å². The highest BCUT2D eigenvalue weighted by molar-refractivity contribution is 5.67. The standard InChI is InChI=1S/C11H13FO4/c1-15-9-5-7(3-4-11(13)14)8(12)6-10(9)16-2/h5-6H,3-4H2,1-2H3,(H,13,14). The summed E-state index contributed by atoms with van der Waals surface area (Å²) in [5, 5.41) is 8.51. The summed E-state index contributed by atoms with van der Waals surface area (Å²) in [6, 6.07) is 2.65. The zero-order valence-corrected chi connectivity index (χ0v) is 9.12. The molecule has 0 bridgehead atoms. The maximum Gasteiger partial charge on any atom is 0.303 e. The summed E-state index contributed by atoms with van der Waals surface area (Å²) in [6.07, 6.45) is 0.00786. The first-order valence-corrected chi connectivity index (χ1v) is 4.70. The SMILES string of the molecule is COc1cc(F)c(CCC(=O)O)cc1OC. The Bertz CT molecular complexity index is 390. The Balaban J connectivity index is 2.96. The maximum absolute atomic E-state index is 13.5. The highest BCUT2D eigenvalue weighted by atomic mass is 19.1. The molecule has 5 heteroatoms. The average Bonchev–Trinajstić information content (AvgIpc) is 2.26. The number of rotatable bonds is 5. The summed E-state index contributed by atoms with van der Waals surface area (Å²) < 4.78 is 23.4. The molecule has 0 radical (unpaired) electrons. The van der Waals surface area contributed by atoms with Crippen LogP contribution in [0.15, 0.2) is 12.1 Å². The number of halogens is 1. The molecule has 0 spiro atoms. The predicted molar refractivity (Wildman–Crippen MR) is 55.5 cm³/mol. The van der Waals surface area contributed by atoms with E-state index in [0.717, 1.165) is 0 Å². The van der Waals surface area contributed by atoms with Gasteiger partial charge in [0.2, 0.25) is 0 Å². The fourth-order valence-electron chi connectivity index (χ4n) is 1.33. The van der Waals surface area contributed by atoms with E-state index in [1.807, 2.05) is 0 Å². The van der Waals surface area contributed by atoms with Crippen LogP contribution in [-0.2, 0) is 11.2 Å². The van der Waals surface area contributed by atoms with Gasteiger partial charge in [0.25, 0.3) is 0 Å². The molecule has 0 atom stereocenters. The van der Waals surface area contributed by atoms with Gasteiger partial charge in [0.15, 0.2) is 11.5 Å². The van der Waals surface area contributed by atoms with Gasteiger partial charge in [-0.2, -0.15) is 0 Å². The first kappa shape index (κ1) is 12.3. The van der Waals surface area contributed by atoms with Crippen LogP contribution in [0.5, 0.6) is 11.5 Å². The summed E-state index contributed by atoms with van der Waals surface area (Å²) in [7, 11) is 2.85. The van der Waals surface area contributed by atoms with Crippen molar-refractivity contribution < 1.29 is 23.8 Å². The molecule has 1 aromatic carbocycles. The molecule has 1 aromatic rings. The van der Waals surface area contributed by atoms with Crippen molar-refractivity contribution in [3.8, 4) is 11.5 Å². The molecule has 0 aromatic heterocycles. The van der Waals surface area contributed by atoms with Gasteiger partial charge in [0.05, 0.1) is 14.2 Å². The van der Waals surface area contributed by atoms with E-state index in [2.05, 4.69) is 0 Å². The van der Waals surface area contributed by atoms with Crippen LogP contribution in [0.4, 0.5) is 4.39 Å². The second-order valence-electron chi connectivity index (χ2n) is 3.19. The molecule has 1 N–H and O–H groups in total. The zero-order chi connectivity index (χ0) is 12.1. The molecule has 0 aliphatic carbocycles. The highest BCUT2D eigenvalue weighted by Gasteiger charge is 2.11. The van der Waals surface area contributed by atoms with Crippen molar-refractivity contribution in [1.82, 2.24) is 0 Å². The van der Waals surface area contributed by atoms with Crippen LogP contribution in [0, 0.1) is 5.82 Å². The topological polar surface area (TPSA) is 55.8 Å². The van der Waals surface area contributed by atoms with E-state index >= 15 is 0 Å². The van der Waals surface area contributed by atoms with Crippen LogP contribution in [0.1, 0.15) is 12.0 Å². The lowest BCUT2D eigenvalue weighted by atomic mass is 10.1. The molecule has 0 unspecified atom stereocenters. The molecule has 0 saturated carbocycles. The summed E-state index contributed by atoms with van der Waals surface area (Å²) in [4.78, 5) is 10.4. The van der Waals surface area contributed by atoms with Gasteiger partial charge in [-0.15, -0.1) is 0 Å². The van der Waals surface area contributed by atoms with Gasteiger partial charge in [0.1, 0.15) is 5.82 Å². The highest BCUT2D eigenvalue weighted by Crippen LogP contribution is 2.30. The van der Waals surface area contributed by atoms with E-state index in [1.54, 1.807) is 0 Å². The second kappa shape index (κ2) is 5.34. The number of aryl methyl sites for hydroxylation is 1. The van der Waals surface area contributed by atoms with Gasteiger partial charge in [0, 0.05) is 12.5 Å². The van der Waals surface area contributed by atoms with Crippen LogP contribution in [0.2, 0.25) is 0 Å². The van der Waals surface area contributed by atoms with Crippen LogP contribution in [0.25, 0.3) is 0 Å². The van der Waals surface area contributed by atoms with E-state index in [4.69, 9.17) is 14.6 Å². The lowest BCUT2D eigenvalue weighted by molar-refractivity contribution is -0.136. The molecule has 16 heavy (non-hydrogen) atoms. The van der Waals surface area contributed by atoms with E-state index in [-0.39, 0.29) is 12.8 Å². The Morgan fingerprint density at radius 3 is 2.38 bits per heavy atom. The Kier molecular flexibility index (Phi) is 4.10. The summed E-state index contributed by atoms with van der Waals surface area (Å²) in [5.74, 6) is -0.767. The van der Waals surface area contributed by atoms with E-state index in [1.165, 1.54) is 26.4 Å². The maximum atomic E-state index is 13.5. The normalized spacial score (nSPS) is 9.94. The molecule has 1 rings (SSSR count). The Morgan fingerprint density at radius 2 is 1.88 bits per heavy atom. The molecule has 0 heterocycles. The minimum atomic E-state index is -0.964. The van der Waals surface area contributed by atoms with Crippen molar-refractivity contribution in [3.05, 3.63) is 23.5 Å². The minimum Gasteiger partial charge on any atom is -0.493 e. The van der Waals surface area contributed by atoms with Gasteiger partial charge in [-0.1, -0.05) is 0 Å². The first-order valence-electron chi connectivity index (χ1n) is 4.70. The Morgan fingerprint density at radius 1 is 1.31 bits per heavy atom. The summed E-state index contributed by atoms with van der Waals surface area (Å²) in [5.41, 5.74) is 0.306. The number of ether oxygens (including phenoxy) is 2. The van der Waals surface area contributed by atoms with Crippen molar-refractivity contribution in [2.45, 2.75) is 12.8 Å². The van der Waals surface area contributed by atoms with Crippen molar-refractivity contribution in [2.24, 2.45) is 0 Å². The molecule has 0 saturated heterocycles.